The summed E-state index contributed by atoms with van der Waals surface area (Å²) in [6.07, 6.45) is 10.4. The molecule has 3 aliphatic rings. The summed E-state index contributed by atoms with van der Waals surface area (Å²) >= 11 is 0. The first-order chi connectivity index (χ1) is 23.6. The van der Waals surface area contributed by atoms with Gasteiger partial charge in [-0.25, -0.2) is 4.79 Å². The number of rotatable bonds is 12. The van der Waals surface area contributed by atoms with Gasteiger partial charge in [-0.15, -0.1) is 0 Å². The number of aryl methyl sites for hydroxylation is 2. The van der Waals surface area contributed by atoms with Crippen LogP contribution < -0.4 is 4.74 Å². The van der Waals surface area contributed by atoms with Crippen LogP contribution in [0.2, 0.25) is 0 Å². The number of hydrogen-bond acceptors (Lipinski definition) is 7. The van der Waals surface area contributed by atoms with Crippen molar-refractivity contribution < 1.29 is 34.7 Å². The first kappa shape index (κ1) is 37.5. The van der Waals surface area contributed by atoms with Crippen LogP contribution in [-0.4, -0.2) is 43.7 Å². The maximum Gasteiger partial charge on any atom is 0.342 e. The smallest absolute Gasteiger partial charge is 0.342 e. The Morgan fingerprint density at radius 3 is 2.32 bits per heavy atom. The van der Waals surface area contributed by atoms with Crippen LogP contribution in [0.1, 0.15) is 151 Å². The molecule has 2 aliphatic carbocycles. The van der Waals surface area contributed by atoms with Crippen molar-refractivity contribution in [3.8, 4) is 23.0 Å². The molecule has 0 saturated carbocycles. The molecule has 7 nitrogen and oxygen atoms in total. The number of aliphatic hydroxyl groups is 1. The molecule has 0 aromatic heterocycles. The van der Waals surface area contributed by atoms with E-state index in [4.69, 9.17) is 9.47 Å². The van der Waals surface area contributed by atoms with Gasteiger partial charge in [-0.2, -0.15) is 0 Å². The normalized spacial score (nSPS) is 24.2. The van der Waals surface area contributed by atoms with Crippen molar-refractivity contribution >= 4 is 11.5 Å². The van der Waals surface area contributed by atoms with Crippen LogP contribution in [-0.2, 0) is 17.6 Å². The fraction of sp³-hybridized carbons (Fsp3) is 0.558. The Hall–Kier alpha value is -3.71. The van der Waals surface area contributed by atoms with Crippen molar-refractivity contribution in [1.29, 1.82) is 0 Å². The van der Waals surface area contributed by atoms with E-state index < -0.39 is 23.3 Å². The van der Waals surface area contributed by atoms with Crippen LogP contribution >= 0.6 is 0 Å². The van der Waals surface area contributed by atoms with E-state index in [2.05, 4.69) is 26.5 Å². The summed E-state index contributed by atoms with van der Waals surface area (Å²) in [5.41, 5.74) is 3.64. The maximum absolute atomic E-state index is 14.4. The zero-order valence-electron chi connectivity index (χ0n) is 31.2. The zero-order valence-corrected chi connectivity index (χ0v) is 31.2. The largest absolute Gasteiger partial charge is 0.507 e. The zero-order chi connectivity index (χ0) is 36.5. The number of carbonyl (C=O) groups excluding carboxylic acids is 1. The molecule has 0 spiro atoms. The van der Waals surface area contributed by atoms with Crippen LogP contribution in [0.5, 0.6) is 23.0 Å². The fourth-order valence-corrected chi connectivity index (χ4v) is 8.41. The number of benzene rings is 2. The predicted molar refractivity (Wildman–Crippen MR) is 199 cm³/mol. The van der Waals surface area contributed by atoms with Gasteiger partial charge in [0, 0.05) is 17.1 Å². The summed E-state index contributed by atoms with van der Waals surface area (Å²) in [6, 6.07) is 5.32. The van der Waals surface area contributed by atoms with Crippen LogP contribution in [0.15, 0.2) is 47.6 Å². The van der Waals surface area contributed by atoms with E-state index in [9.17, 15) is 25.2 Å². The van der Waals surface area contributed by atoms with Gasteiger partial charge >= 0.3 is 5.97 Å². The monoisotopic (exact) mass is 686 g/mol. The predicted octanol–water partition coefficient (Wildman–Crippen LogP) is 9.98. The molecule has 2 aromatic carbocycles. The SMILES string of the molecule is C=C(C)[C@@H]1CCC(C)=C[C@H]1c1c(O)cc(CCCCC)c(C(=O)O[C@@]2(C)CCC3=C(c4c(O)cc(CCCCC)cc4OC3(C)C)C2O)c1O. The molecule has 0 amide bonds. The molecule has 7 heteroatoms. The number of phenolic OH excluding ortho intramolecular Hbond substituents is 3. The second-order valence-electron chi connectivity index (χ2n) is 15.7. The Morgan fingerprint density at radius 2 is 1.66 bits per heavy atom. The van der Waals surface area contributed by atoms with E-state index in [1.165, 1.54) is 0 Å². The molecule has 0 saturated heterocycles. The number of hydrogen-bond donors (Lipinski definition) is 4. The van der Waals surface area contributed by atoms with Crippen molar-refractivity contribution in [3.63, 3.8) is 0 Å². The Balaban J connectivity index is 1.55. The number of ether oxygens (including phenoxy) is 2. The minimum absolute atomic E-state index is 0.00913. The number of aromatic hydroxyl groups is 3. The van der Waals surface area contributed by atoms with Gasteiger partial charge in [0.05, 0.1) is 5.56 Å². The number of allylic oxidation sites excluding steroid dienone is 3. The third kappa shape index (κ3) is 7.21. The second-order valence-corrected chi connectivity index (χ2v) is 15.7. The van der Waals surface area contributed by atoms with Crippen molar-refractivity contribution in [3.05, 3.63) is 75.4 Å². The lowest BCUT2D eigenvalue weighted by molar-refractivity contribution is -0.0694. The van der Waals surface area contributed by atoms with Gasteiger partial charge in [0.2, 0.25) is 0 Å². The van der Waals surface area contributed by atoms with E-state index >= 15 is 0 Å². The van der Waals surface area contributed by atoms with Crippen molar-refractivity contribution in [1.82, 2.24) is 0 Å². The topological polar surface area (TPSA) is 116 Å². The van der Waals surface area contributed by atoms with Crippen LogP contribution in [0, 0.1) is 5.92 Å². The Labute approximate surface area is 298 Å². The van der Waals surface area contributed by atoms with E-state index in [0.29, 0.717) is 47.3 Å². The molecule has 0 fully saturated rings. The minimum Gasteiger partial charge on any atom is -0.507 e. The molecule has 1 aliphatic heterocycles. The average molecular weight is 687 g/mol. The highest BCUT2D eigenvalue weighted by molar-refractivity contribution is 5.96. The first-order valence-electron chi connectivity index (χ1n) is 18.7. The van der Waals surface area contributed by atoms with Crippen molar-refractivity contribution in [2.45, 2.75) is 149 Å². The standard InChI is InChI=1S/C43H58O7/c1-9-11-13-15-27-22-32(44)38-34(23-27)49-42(6,7)31-19-20-43(8,40(47)37(31)38)50-41(48)35-28(16-14-12-10-2)24-33(45)36(39(35)46)30-21-26(5)17-18-29(30)25(3)4/h21-24,29-30,40,44-47H,3,9-20H2,1-2,4-8H3/t29-,30+,40?,43-/m0/s1. The minimum atomic E-state index is -1.38. The lowest BCUT2D eigenvalue weighted by Crippen LogP contribution is -2.50. The van der Waals surface area contributed by atoms with Gasteiger partial charge < -0.3 is 29.9 Å². The molecule has 4 atom stereocenters. The third-order valence-corrected chi connectivity index (χ3v) is 11.3. The van der Waals surface area contributed by atoms with E-state index in [1.807, 2.05) is 33.8 Å². The van der Waals surface area contributed by atoms with Gasteiger partial charge in [-0.3, -0.25) is 0 Å². The molecule has 4 N–H and O–H groups in total. The first-order valence-corrected chi connectivity index (χ1v) is 18.7. The number of unbranched alkanes of at least 4 members (excludes halogenated alkanes) is 4. The van der Waals surface area contributed by atoms with Gasteiger partial charge in [0.1, 0.15) is 45.9 Å². The van der Waals surface area contributed by atoms with Crippen molar-refractivity contribution in [2.75, 3.05) is 0 Å². The fourth-order valence-electron chi connectivity index (χ4n) is 8.41. The summed E-state index contributed by atoms with van der Waals surface area (Å²) in [5.74, 6) is -0.876. The number of aliphatic hydroxyl groups excluding tert-OH is 1. The summed E-state index contributed by atoms with van der Waals surface area (Å²) in [6.45, 7) is 18.1. The number of fused-ring (bicyclic) bond motifs is 2. The maximum atomic E-state index is 14.4. The summed E-state index contributed by atoms with van der Waals surface area (Å²) < 4.78 is 12.8. The second kappa shape index (κ2) is 14.9. The Morgan fingerprint density at radius 1 is 0.980 bits per heavy atom. The van der Waals surface area contributed by atoms with Gasteiger partial charge in [0.25, 0.3) is 0 Å². The Kier molecular flexibility index (Phi) is 11.2. The quantitative estimate of drug-likeness (QED) is 0.0998. The van der Waals surface area contributed by atoms with Crippen molar-refractivity contribution in [2.24, 2.45) is 5.92 Å². The van der Waals surface area contributed by atoms with Gasteiger partial charge in [-0.05, 0) is 127 Å². The lowest BCUT2D eigenvalue weighted by Gasteiger charge is -2.47. The number of phenols is 3. The highest BCUT2D eigenvalue weighted by Gasteiger charge is 2.51. The van der Waals surface area contributed by atoms with Gasteiger partial charge in [-0.1, -0.05) is 63.3 Å². The molecule has 50 heavy (non-hydrogen) atoms. The molecule has 5 rings (SSSR count). The van der Waals surface area contributed by atoms with E-state index in [0.717, 1.165) is 80.1 Å². The summed E-state index contributed by atoms with van der Waals surface area (Å²) in [4.78, 5) is 14.4. The molecular weight excluding hydrogens is 628 g/mol. The average Bonchev–Trinajstić information content (AvgIpc) is 3.02. The molecule has 272 valence electrons. The van der Waals surface area contributed by atoms with E-state index in [1.54, 1.807) is 19.1 Å². The molecule has 0 bridgehead atoms. The molecular formula is C43H58O7. The Bertz CT molecular complexity index is 1700. The number of carbonyl (C=O) groups is 1. The molecule has 1 unspecified atom stereocenters. The van der Waals surface area contributed by atoms with Crippen LogP contribution in [0.3, 0.4) is 0 Å². The number of esters is 1. The van der Waals surface area contributed by atoms with Crippen LogP contribution in [0.4, 0.5) is 0 Å². The molecule has 0 radical (unpaired) electrons. The molecule has 1 heterocycles. The lowest BCUT2D eigenvalue weighted by atomic mass is 9.70. The third-order valence-electron chi connectivity index (χ3n) is 11.3. The van der Waals surface area contributed by atoms with Gasteiger partial charge in [0.15, 0.2) is 0 Å². The highest BCUT2D eigenvalue weighted by atomic mass is 16.6. The summed E-state index contributed by atoms with van der Waals surface area (Å²) in [5, 5.41) is 47.0. The van der Waals surface area contributed by atoms with Crippen LogP contribution in [0.25, 0.3) is 5.57 Å². The van der Waals surface area contributed by atoms with E-state index in [-0.39, 0.29) is 34.6 Å². The highest BCUT2D eigenvalue weighted by Crippen LogP contribution is 2.54. The summed E-state index contributed by atoms with van der Waals surface area (Å²) in [7, 11) is 0. The molecule has 2 aromatic rings.